The van der Waals surface area contributed by atoms with Crippen LogP contribution in [0.3, 0.4) is 0 Å². The standard InChI is InChI=1S/C14H21BrN4S/c1-10-11(15)4-5-12(17-10)18-6-8-19(9-7-18)14(2,3)13(16)20/h4-5H,6-9H2,1-3H3,(H2,16,20). The second kappa shape index (κ2) is 5.95. The van der Waals surface area contributed by atoms with E-state index >= 15 is 0 Å². The van der Waals surface area contributed by atoms with Crippen molar-refractivity contribution in [1.82, 2.24) is 9.88 Å². The monoisotopic (exact) mass is 356 g/mol. The van der Waals surface area contributed by atoms with Gasteiger partial charge in [0.1, 0.15) is 5.82 Å². The summed E-state index contributed by atoms with van der Waals surface area (Å²) in [4.78, 5) is 9.84. The fraction of sp³-hybridized carbons (Fsp3) is 0.571. The van der Waals surface area contributed by atoms with Crippen LogP contribution in [-0.2, 0) is 0 Å². The van der Waals surface area contributed by atoms with Crippen LogP contribution in [0, 0.1) is 6.92 Å². The Bertz CT molecular complexity index is 510. The molecule has 20 heavy (non-hydrogen) atoms. The molecular weight excluding hydrogens is 336 g/mol. The van der Waals surface area contributed by atoms with Crippen molar-refractivity contribution in [1.29, 1.82) is 0 Å². The molecule has 0 radical (unpaired) electrons. The van der Waals surface area contributed by atoms with E-state index in [0.29, 0.717) is 4.99 Å². The van der Waals surface area contributed by atoms with Crippen LogP contribution >= 0.6 is 28.1 Å². The topological polar surface area (TPSA) is 45.4 Å². The van der Waals surface area contributed by atoms with Crippen LogP contribution in [0.2, 0.25) is 0 Å². The fourth-order valence-corrected chi connectivity index (χ4v) is 2.71. The van der Waals surface area contributed by atoms with Crippen molar-refractivity contribution in [3.05, 3.63) is 22.3 Å². The van der Waals surface area contributed by atoms with Crippen molar-refractivity contribution >= 4 is 39.0 Å². The van der Waals surface area contributed by atoms with Crippen molar-refractivity contribution in [2.24, 2.45) is 5.73 Å². The van der Waals surface area contributed by atoms with Gasteiger partial charge in [0.2, 0.25) is 0 Å². The Balaban J connectivity index is 2.04. The molecule has 1 aliphatic rings. The minimum Gasteiger partial charge on any atom is -0.392 e. The van der Waals surface area contributed by atoms with Crippen LogP contribution in [0.4, 0.5) is 5.82 Å². The molecule has 6 heteroatoms. The number of rotatable bonds is 3. The first-order valence-corrected chi connectivity index (χ1v) is 7.95. The molecule has 0 aromatic carbocycles. The summed E-state index contributed by atoms with van der Waals surface area (Å²) in [7, 11) is 0. The lowest BCUT2D eigenvalue weighted by Crippen LogP contribution is -2.59. The van der Waals surface area contributed by atoms with Gasteiger partial charge in [-0.15, -0.1) is 0 Å². The Morgan fingerprint density at radius 3 is 2.40 bits per heavy atom. The third-order valence-corrected chi connectivity index (χ3v) is 5.34. The Kier molecular flexibility index (Phi) is 4.66. The normalized spacial score (nSPS) is 17.3. The van der Waals surface area contributed by atoms with Crippen molar-refractivity contribution in [3.63, 3.8) is 0 Å². The van der Waals surface area contributed by atoms with E-state index in [4.69, 9.17) is 18.0 Å². The van der Waals surface area contributed by atoms with E-state index in [1.165, 1.54) is 0 Å². The van der Waals surface area contributed by atoms with Crippen LogP contribution < -0.4 is 10.6 Å². The molecule has 1 aromatic heterocycles. The molecule has 4 nitrogen and oxygen atoms in total. The lowest BCUT2D eigenvalue weighted by Gasteiger charge is -2.43. The van der Waals surface area contributed by atoms with Gasteiger partial charge in [-0.3, -0.25) is 4.90 Å². The predicted octanol–water partition coefficient (Wildman–Crippen LogP) is 2.34. The summed E-state index contributed by atoms with van der Waals surface area (Å²) in [5.74, 6) is 1.04. The molecule has 0 amide bonds. The average Bonchev–Trinajstić information content (AvgIpc) is 2.42. The van der Waals surface area contributed by atoms with Gasteiger partial charge in [0.05, 0.1) is 16.2 Å². The molecule has 1 aromatic rings. The highest BCUT2D eigenvalue weighted by molar-refractivity contribution is 9.10. The number of hydrogen-bond donors (Lipinski definition) is 1. The first kappa shape index (κ1) is 15.7. The number of thiocarbonyl (C=S) groups is 1. The van der Waals surface area contributed by atoms with E-state index in [2.05, 4.69) is 56.7 Å². The summed E-state index contributed by atoms with van der Waals surface area (Å²) >= 11 is 8.66. The first-order valence-electron chi connectivity index (χ1n) is 6.75. The SMILES string of the molecule is Cc1nc(N2CCN(C(C)(C)C(N)=S)CC2)ccc1Br. The Morgan fingerprint density at radius 2 is 1.90 bits per heavy atom. The molecule has 0 atom stereocenters. The molecule has 0 unspecified atom stereocenters. The van der Waals surface area contributed by atoms with Crippen LogP contribution in [-0.4, -0.2) is 46.6 Å². The van der Waals surface area contributed by atoms with E-state index in [0.717, 1.165) is 42.2 Å². The molecule has 1 aliphatic heterocycles. The first-order chi connectivity index (χ1) is 9.32. The van der Waals surface area contributed by atoms with E-state index in [-0.39, 0.29) is 5.54 Å². The van der Waals surface area contributed by atoms with Crippen molar-refractivity contribution in [3.8, 4) is 0 Å². The lowest BCUT2D eigenvalue weighted by molar-refractivity contribution is 0.168. The predicted molar refractivity (Wildman–Crippen MR) is 91.3 cm³/mol. The zero-order valence-corrected chi connectivity index (χ0v) is 14.6. The lowest BCUT2D eigenvalue weighted by atomic mass is 10.0. The number of nitrogens with zero attached hydrogens (tertiary/aromatic N) is 3. The highest BCUT2D eigenvalue weighted by atomic mass is 79.9. The van der Waals surface area contributed by atoms with Crippen LogP contribution in [0.15, 0.2) is 16.6 Å². The molecule has 2 N–H and O–H groups in total. The molecular formula is C14H21BrN4S. The minimum atomic E-state index is -0.218. The molecule has 2 rings (SSSR count). The molecule has 110 valence electrons. The molecule has 1 fully saturated rings. The molecule has 0 spiro atoms. The van der Waals surface area contributed by atoms with Gasteiger partial charge in [-0.05, 0) is 48.8 Å². The summed E-state index contributed by atoms with van der Waals surface area (Å²) in [6.45, 7) is 9.97. The Labute approximate surface area is 134 Å². The van der Waals surface area contributed by atoms with Gasteiger partial charge in [0.15, 0.2) is 0 Å². The Hall–Kier alpha value is -0.720. The minimum absolute atomic E-state index is 0.218. The van der Waals surface area contributed by atoms with Gasteiger partial charge >= 0.3 is 0 Å². The summed E-state index contributed by atoms with van der Waals surface area (Å²) in [6.07, 6.45) is 0. The number of halogens is 1. The summed E-state index contributed by atoms with van der Waals surface area (Å²) in [5, 5.41) is 0. The van der Waals surface area contributed by atoms with Gasteiger partial charge in [0.25, 0.3) is 0 Å². The maximum absolute atomic E-state index is 5.84. The van der Waals surface area contributed by atoms with E-state index in [1.54, 1.807) is 0 Å². The largest absolute Gasteiger partial charge is 0.392 e. The van der Waals surface area contributed by atoms with Gasteiger partial charge in [-0.25, -0.2) is 4.98 Å². The van der Waals surface area contributed by atoms with Crippen molar-refractivity contribution in [2.75, 3.05) is 31.1 Å². The van der Waals surface area contributed by atoms with E-state index in [9.17, 15) is 0 Å². The van der Waals surface area contributed by atoms with Crippen LogP contribution in [0.25, 0.3) is 0 Å². The van der Waals surface area contributed by atoms with Crippen LogP contribution in [0.5, 0.6) is 0 Å². The molecule has 0 bridgehead atoms. The quantitative estimate of drug-likeness (QED) is 0.842. The number of hydrogen-bond acceptors (Lipinski definition) is 4. The third kappa shape index (κ3) is 3.13. The summed E-state index contributed by atoms with van der Waals surface area (Å²) in [6, 6.07) is 4.12. The van der Waals surface area contributed by atoms with Gasteiger partial charge in [-0.1, -0.05) is 12.2 Å². The van der Waals surface area contributed by atoms with Gasteiger partial charge in [0, 0.05) is 30.7 Å². The smallest absolute Gasteiger partial charge is 0.128 e. The average molecular weight is 357 g/mol. The number of pyridine rings is 1. The molecule has 1 saturated heterocycles. The summed E-state index contributed by atoms with van der Waals surface area (Å²) < 4.78 is 1.05. The molecule has 0 saturated carbocycles. The number of nitrogens with two attached hydrogens (primary N) is 1. The molecule has 2 heterocycles. The second-order valence-electron chi connectivity index (χ2n) is 5.63. The van der Waals surface area contributed by atoms with Crippen molar-refractivity contribution in [2.45, 2.75) is 26.3 Å². The highest BCUT2D eigenvalue weighted by Gasteiger charge is 2.32. The number of piperazine rings is 1. The van der Waals surface area contributed by atoms with Gasteiger partial charge in [-0.2, -0.15) is 0 Å². The number of aromatic nitrogens is 1. The van der Waals surface area contributed by atoms with Crippen molar-refractivity contribution < 1.29 is 0 Å². The highest BCUT2D eigenvalue weighted by Crippen LogP contribution is 2.22. The molecule has 0 aliphatic carbocycles. The Morgan fingerprint density at radius 1 is 1.30 bits per heavy atom. The number of anilines is 1. The zero-order valence-electron chi connectivity index (χ0n) is 12.2. The maximum Gasteiger partial charge on any atom is 0.128 e. The van der Waals surface area contributed by atoms with E-state index in [1.807, 2.05) is 6.92 Å². The van der Waals surface area contributed by atoms with Gasteiger partial charge < -0.3 is 10.6 Å². The fourth-order valence-electron chi connectivity index (χ4n) is 2.36. The van der Waals surface area contributed by atoms with E-state index < -0.39 is 0 Å². The van der Waals surface area contributed by atoms with Crippen LogP contribution in [0.1, 0.15) is 19.5 Å². The third-order valence-electron chi connectivity index (χ3n) is 4.00. The summed E-state index contributed by atoms with van der Waals surface area (Å²) in [5.41, 5.74) is 6.65. The maximum atomic E-state index is 5.84. The number of aryl methyl sites for hydroxylation is 1. The second-order valence-corrected chi connectivity index (χ2v) is 6.93. The zero-order chi connectivity index (χ0) is 14.9.